The second kappa shape index (κ2) is 9.30. The number of carbonyl (C=O) groups is 2. The monoisotopic (exact) mass is 428 g/mol. The number of ether oxygens (including phenoxy) is 1. The second-order valence-electron chi connectivity index (χ2n) is 7.07. The third-order valence-electron chi connectivity index (χ3n) is 5.30. The number of hydrogen-bond donors (Lipinski definition) is 0. The molecule has 1 amide bonds. The highest BCUT2D eigenvalue weighted by Crippen LogP contribution is 2.53. The van der Waals surface area contributed by atoms with Crippen LogP contribution in [0.25, 0.3) is 0 Å². The summed E-state index contributed by atoms with van der Waals surface area (Å²) >= 11 is 1.26. The number of esters is 1. The van der Waals surface area contributed by atoms with Gasteiger partial charge in [-0.25, -0.2) is 0 Å². The fourth-order valence-corrected chi connectivity index (χ4v) is 5.29. The molecule has 0 radical (unpaired) electrons. The number of thioether (sulfide) groups is 1. The standard InChI is InChI=1S/C22H24N2O5S/c1-3-4-14-23-19(25)15-30-22(21(26)29-2,17-8-6-5-7-9-17)20(23)16-10-12-18(13-11-16)24(27)28/h5-13,20H,3-4,14-15H2,1-2H3/t20-,22+/m0/s1. The van der Waals surface area contributed by atoms with Crippen LogP contribution in [0.2, 0.25) is 0 Å². The van der Waals surface area contributed by atoms with E-state index in [-0.39, 0.29) is 17.3 Å². The lowest BCUT2D eigenvalue weighted by molar-refractivity contribution is -0.384. The molecule has 2 aromatic carbocycles. The molecule has 0 N–H and O–H groups in total. The third kappa shape index (κ3) is 3.92. The molecule has 0 aromatic heterocycles. The van der Waals surface area contributed by atoms with Crippen LogP contribution in [0.1, 0.15) is 36.9 Å². The number of nitro groups is 1. The minimum atomic E-state index is -1.17. The average Bonchev–Trinajstić information content (AvgIpc) is 2.78. The van der Waals surface area contributed by atoms with Gasteiger partial charge in [0, 0.05) is 18.7 Å². The average molecular weight is 429 g/mol. The maximum Gasteiger partial charge on any atom is 0.329 e. The molecule has 1 heterocycles. The predicted octanol–water partition coefficient (Wildman–Crippen LogP) is 4.08. The molecule has 7 nitrogen and oxygen atoms in total. The zero-order valence-electron chi connectivity index (χ0n) is 16.9. The number of benzene rings is 2. The summed E-state index contributed by atoms with van der Waals surface area (Å²) in [5.74, 6) is -0.361. The summed E-state index contributed by atoms with van der Waals surface area (Å²) in [5.41, 5.74) is 1.35. The minimum Gasteiger partial charge on any atom is -0.468 e. The summed E-state index contributed by atoms with van der Waals surface area (Å²) in [6, 6.07) is 14.7. The lowest BCUT2D eigenvalue weighted by Gasteiger charge is -2.48. The van der Waals surface area contributed by atoms with Crippen molar-refractivity contribution in [2.45, 2.75) is 30.6 Å². The number of carbonyl (C=O) groups excluding carboxylic acids is 2. The molecule has 30 heavy (non-hydrogen) atoms. The van der Waals surface area contributed by atoms with E-state index in [0.29, 0.717) is 12.1 Å². The molecule has 1 fully saturated rings. The number of hydrogen-bond acceptors (Lipinski definition) is 6. The largest absolute Gasteiger partial charge is 0.468 e. The van der Waals surface area contributed by atoms with Crippen LogP contribution in [0.5, 0.6) is 0 Å². The molecule has 0 spiro atoms. The van der Waals surface area contributed by atoms with Crippen LogP contribution in [0.4, 0.5) is 5.69 Å². The number of amides is 1. The van der Waals surface area contributed by atoms with E-state index in [4.69, 9.17) is 4.74 Å². The first-order chi connectivity index (χ1) is 14.5. The summed E-state index contributed by atoms with van der Waals surface area (Å²) in [5, 5.41) is 11.1. The van der Waals surface area contributed by atoms with Gasteiger partial charge >= 0.3 is 5.97 Å². The molecular weight excluding hydrogens is 404 g/mol. The quantitative estimate of drug-likeness (QED) is 0.375. The molecule has 0 unspecified atom stereocenters. The first kappa shape index (κ1) is 21.8. The Balaban J connectivity index is 2.22. The van der Waals surface area contributed by atoms with E-state index in [1.165, 1.54) is 31.0 Å². The number of nitro benzene ring substituents is 1. The molecule has 8 heteroatoms. The van der Waals surface area contributed by atoms with Crippen molar-refractivity contribution in [1.82, 2.24) is 4.90 Å². The number of non-ortho nitro benzene ring substituents is 1. The first-order valence-electron chi connectivity index (χ1n) is 9.77. The molecule has 1 aliphatic rings. The molecule has 3 rings (SSSR count). The Morgan fingerprint density at radius 3 is 2.47 bits per heavy atom. The highest BCUT2D eigenvalue weighted by atomic mass is 32.2. The van der Waals surface area contributed by atoms with Crippen LogP contribution in [-0.4, -0.2) is 41.1 Å². The van der Waals surface area contributed by atoms with Crippen LogP contribution in [-0.2, 0) is 19.1 Å². The summed E-state index contributed by atoms with van der Waals surface area (Å²) in [6.45, 7) is 2.53. The molecule has 0 saturated carbocycles. The Labute approximate surface area is 179 Å². The topological polar surface area (TPSA) is 89.8 Å². The van der Waals surface area contributed by atoms with Crippen molar-refractivity contribution in [3.63, 3.8) is 0 Å². The van der Waals surface area contributed by atoms with Gasteiger partial charge in [0.1, 0.15) is 0 Å². The Morgan fingerprint density at radius 1 is 1.23 bits per heavy atom. The Bertz CT molecular complexity index is 919. The van der Waals surface area contributed by atoms with Gasteiger partial charge in [-0.05, 0) is 17.5 Å². The van der Waals surface area contributed by atoms with Crippen molar-refractivity contribution in [3.8, 4) is 0 Å². The number of unbranched alkanes of at least 4 members (excludes halogenated alkanes) is 1. The SMILES string of the molecule is CCCCN1C(=O)CS[C@](C(=O)OC)(c2ccccc2)[C@@H]1c1ccc([N+](=O)[O-])cc1. The Kier molecular flexibility index (Phi) is 6.77. The van der Waals surface area contributed by atoms with Crippen molar-refractivity contribution < 1.29 is 19.2 Å². The second-order valence-corrected chi connectivity index (χ2v) is 8.30. The van der Waals surface area contributed by atoms with Crippen LogP contribution >= 0.6 is 11.8 Å². The van der Waals surface area contributed by atoms with Gasteiger partial charge in [-0.1, -0.05) is 55.8 Å². The highest BCUT2D eigenvalue weighted by molar-refractivity contribution is 8.01. The van der Waals surface area contributed by atoms with Gasteiger partial charge in [0.15, 0.2) is 4.75 Å². The molecule has 1 aliphatic heterocycles. The van der Waals surface area contributed by atoms with E-state index < -0.39 is 21.7 Å². The molecule has 0 bridgehead atoms. The van der Waals surface area contributed by atoms with Crippen LogP contribution in [0.3, 0.4) is 0 Å². The summed E-state index contributed by atoms with van der Waals surface area (Å²) in [7, 11) is 1.34. The molecular formula is C22H24N2O5S. The summed E-state index contributed by atoms with van der Waals surface area (Å²) < 4.78 is 4.07. The van der Waals surface area contributed by atoms with Gasteiger partial charge in [-0.3, -0.25) is 19.7 Å². The van der Waals surface area contributed by atoms with Crippen LogP contribution in [0, 0.1) is 10.1 Å². The minimum absolute atomic E-state index is 0.0444. The van der Waals surface area contributed by atoms with E-state index >= 15 is 0 Å². The van der Waals surface area contributed by atoms with Gasteiger partial charge in [0.25, 0.3) is 5.69 Å². The number of methoxy groups -OCH3 is 1. The van der Waals surface area contributed by atoms with Crippen molar-refractivity contribution in [2.75, 3.05) is 19.4 Å². The van der Waals surface area contributed by atoms with Crippen molar-refractivity contribution in [1.29, 1.82) is 0 Å². The molecule has 1 saturated heterocycles. The normalized spacial score (nSPS) is 21.3. The molecule has 0 aliphatic carbocycles. The number of rotatable bonds is 7. The van der Waals surface area contributed by atoms with Crippen molar-refractivity contribution in [2.24, 2.45) is 0 Å². The van der Waals surface area contributed by atoms with Gasteiger partial charge in [-0.2, -0.15) is 0 Å². The number of nitrogens with zero attached hydrogens (tertiary/aromatic N) is 2. The maximum atomic E-state index is 13.3. The first-order valence-corrected chi connectivity index (χ1v) is 10.8. The van der Waals surface area contributed by atoms with Gasteiger partial charge < -0.3 is 9.64 Å². The highest BCUT2D eigenvalue weighted by Gasteiger charge is 2.56. The van der Waals surface area contributed by atoms with Crippen molar-refractivity contribution >= 4 is 29.3 Å². The van der Waals surface area contributed by atoms with E-state index in [1.54, 1.807) is 17.0 Å². The maximum absolute atomic E-state index is 13.3. The Hall–Kier alpha value is -2.87. The van der Waals surface area contributed by atoms with Gasteiger partial charge in [-0.15, -0.1) is 11.8 Å². The van der Waals surface area contributed by atoms with Gasteiger partial charge in [0.2, 0.25) is 5.91 Å². The molecule has 158 valence electrons. The van der Waals surface area contributed by atoms with Gasteiger partial charge in [0.05, 0.1) is 23.8 Å². The summed E-state index contributed by atoms with van der Waals surface area (Å²) in [4.78, 5) is 38.6. The fourth-order valence-electron chi connectivity index (χ4n) is 3.84. The van der Waals surface area contributed by atoms with E-state index in [2.05, 4.69) is 0 Å². The zero-order valence-corrected chi connectivity index (χ0v) is 17.8. The van der Waals surface area contributed by atoms with E-state index in [1.807, 2.05) is 37.3 Å². The predicted molar refractivity (Wildman–Crippen MR) is 115 cm³/mol. The fraction of sp³-hybridized carbons (Fsp3) is 0.364. The third-order valence-corrected chi connectivity index (χ3v) is 6.78. The zero-order chi connectivity index (χ0) is 21.7. The van der Waals surface area contributed by atoms with Crippen LogP contribution < -0.4 is 0 Å². The summed E-state index contributed by atoms with van der Waals surface area (Å²) in [6.07, 6.45) is 1.67. The smallest absolute Gasteiger partial charge is 0.329 e. The van der Waals surface area contributed by atoms with E-state index in [9.17, 15) is 19.7 Å². The lowest BCUT2D eigenvalue weighted by atomic mass is 9.84. The van der Waals surface area contributed by atoms with Crippen LogP contribution in [0.15, 0.2) is 54.6 Å². The lowest BCUT2D eigenvalue weighted by Crippen LogP contribution is -2.54. The van der Waals surface area contributed by atoms with E-state index in [0.717, 1.165) is 18.4 Å². The molecule has 2 aromatic rings. The Morgan fingerprint density at radius 2 is 1.90 bits per heavy atom. The van der Waals surface area contributed by atoms with Crippen molar-refractivity contribution in [3.05, 3.63) is 75.8 Å². The molecule has 2 atom stereocenters.